The number of nitrogens with zero attached hydrogens (tertiary/aromatic N) is 1. The van der Waals surface area contributed by atoms with Crippen molar-refractivity contribution in [3.8, 4) is 11.5 Å². The first kappa shape index (κ1) is 17.1. The lowest BCUT2D eigenvalue weighted by Crippen LogP contribution is -2.23. The highest BCUT2D eigenvalue weighted by molar-refractivity contribution is 7.89. The zero-order valence-corrected chi connectivity index (χ0v) is 14.5. The number of nitrogens with one attached hydrogen (secondary N) is 2. The van der Waals surface area contributed by atoms with E-state index in [-0.39, 0.29) is 22.9 Å². The average Bonchev–Trinajstić information content (AvgIpc) is 3.17. The number of rotatable bonds is 5. The number of ether oxygens (including phenoxy) is 1. The summed E-state index contributed by atoms with van der Waals surface area (Å²) >= 11 is 0. The first-order valence-electron chi connectivity index (χ1n) is 7.82. The number of furan rings is 1. The summed E-state index contributed by atoms with van der Waals surface area (Å²) in [6.07, 6.45) is 1.42. The first-order chi connectivity index (χ1) is 12.9. The minimum Gasteiger partial charge on any atom is -0.468 e. The summed E-state index contributed by atoms with van der Waals surface area (Å²) in [4.78, 5) is 10.6. The lowest BCUT2D eigenvalue weighted by Gasteiger charge is -2.22. The second-order valence-corrected chi connectivity index (χ2v) is 7.47. The molecule has 0 atom stereocenters. The van der Waals surface area contributed by atoms with Crippen LogP contribution in [0.2, 0.25) is 0 Å². The van der Waals surface area contributed by atoms with Gasteiger partial charge in [0, 0.05) is 12.1 Å². The monoisotopic (exact) mass is 387 g/mol. The van der Waals surface area contributed by atoms with Crippen LogP contribution < -0.4 is 14.8 Å². The molecule has 0 radical (unpaired) electrons. The van der Waals surface area contributed by atoms with E-state index in [1.54, 1.807) is 36.4 Å². The highest BCUT2D eigenvalue weighted by Gasteiger charge is 2.29. The molecule has 2 heterocycles. The Labute approximate surface area is 153 Å². The standard InChI is InChI=1S/C17H13N3O6S/c21-20(22)14-8-12(27(23,24)18-10-11-4-3-7-25-11)9-16-17(14)19-13-5-1-2-6-15(13)26-16/h1-9,18-19H,10H2. The maximum absolute atomic E-state index is 12.6. The van der Waals surface area contributed by atoms with Gasteiger partial charge in [-0.25, -0.2) is 13.1 Å². The molecule has 0 saturated carbocycles. The zero-order chi connectivity index (χ0) is 19.0. The third kappa shape index (κ3) is 3.23. The van der Waals surface area contributed by atoms with E-state index in [1.807, 2.05) is 0 Å². The van der Waals surface area contributed by atoms with Crippen molar-refractivity contribution in [1.29, 1.82) is 0 Å². The van der Waals surface area contributed by atoms with Crippen LogP contribution in [0, 0.1) is 10.1 Å². The van der Waals surface area contributed by atoms with Gasteiger partial charge in [-0.2, -0.15) is 0 Å². The second kappa shape index (κ2) is 6.41. The summed E-state index contributed by atoms with van der Waals surface area (Å²) in [5.74, 6) is 0.913. The first-order valence-corrected chi connectivity index (χ1v) is 9.31. The van der Waals surface area contributed by atoms with Crippen LogP contribution in [0.15, 0.2) is 64.1 Å². The van der Waals surface area contributed by atoms with Crippen molar-refractivity contribution >= 4 is 27.1 Å². The van der Waals surface area contributed by atoms with Crippen LogP contribution in [-0.4, -0.2) is 13.3 Å². The molecule has 3 aromatic rings. The van der Waals surface area contributed by atoms with Gasteiger partial charge < -0.3 is 14.5 Å². The fourth-order valence-corrected chi connectivity index (χ4v) is 3.68. The average molecular weight is 387 g/mol. The Balaban J connectivity index is 1.73. The Bertz CT molecular complexity index is 1130. The van der Waals surface area contributed by atoms with Crippen molar-refractivity contribution in [1.82, 2.24) is 4.72 Å². The van der Waals surface area contributed by atoms with Crippen molar-refractivity contribution < 1.29 is 22.5 Å². The maximum Gasteiger partial charge on any atom is 0.297 e. The number of nitro groups is 1. The largest absolute Gasteiger partial charge is 0.468 e. The summed E-state index contributed by atoms with van der Waals surface area (Å²) in [6.45, 7) is -0.0812. The van der Waals surface area contributed by atoms with Gasteiger partial charge in [-0.05, 0) is 24.3 Å². The van der Waals surface area contributed by atoms with E-state index in [4.69, 9.17) is 9.15 Å². The predicted octanol–water partition coefficient (Wildman–Crippen LogP) is 3.52. The SMILES string of the molecule is O=[N+]([O-])c1cc(S(=O)(=O)NCc2ccco2)cc2c1Nc1ccccc1O2. The molecule has 27 heavy (non-hydrogen) atoms. The number of nitro benzene ring substituents is 1. The molecule has 1 aliphatic heterocycles. The number of para-hydroxylation sites is 2. The van der Waals surface area contributed by atoms with Gasteiger partial charge in [0.15, 0.2) is 17.2 Å². The van der Waals surface area contributed by atoms with Crippen molar-refractivity contribution in [3.05, 3.63) is 70.7 Å². The predicted molar refractivity (Wildman–Crippen MR) is 95.6 cm³/mol. The Morgan fingerprint density at radius 1 is 1.11 bits per heavy atom. The topological polar surface area (TPSA) is 124 Å². The van der Waals surface area contributed by atoms with E-state index < -0.39 is 20.6 Å². The summed E-state index contributed by atoms with van der Waals surface area (Å²) in [5, 5.41) is 14.4. The van der Waals surface area contributed by atoms with Gasteiger partial charge in [-0.1, -0.05) is 12.1 Å². The van der Waals surface area contributed by atoms with Crippen molar-refractivity contribution in [2.45, 2.75) is 11.4 Å². The van der Waals surface area contributed by atoms with Gasteiger partial charge in [0.25, 0.3) is 5.69 Å². The van der Waals surface area contributed by atoms with Gasteiger partial charge in [0.1, 0.15) is 5.76 Å². The van der Waals surface area contributed by atoms with Crippen LogP contribution in [0.4, 0.5) is 17.1 Å². The highest BCUT2D eigenvalue weighted by atomic mass is 32.2. The normalized spacial score (nSPS) is 12.4. The lowest BCUT2D eigenvalue weighted by molar-refractivity contribution is -0.384. The quantitative estimate of drug-likeness (QED) is 0.397. The molecule has 1 aliphatic rings. The van der Waals surface area contributed by atoms with Crippen LogP contribution in [0.3, 0.4) is 0 Å². The lowest BCUT2D eigenvalue weighted by atomic mass is 10.2. The molecular weight excluding hydrogens is 374 g/mol. The molecule has 0 fully saturated rings. The van der Waals surface area contributed by atoms with Gasteiger partial charge in [-0.15, -0.1) is 0 Å². The van der Waals surface area contributed by atoms with Crippen molar-refractivity contribution in [2.75, 3.05) is 5.32 Å². The Morgan fingerprint density at radius 2 is 1.93 bits per heavy atom. The molecule has 138 valence electrons. The van der Waals surface area contributed by atoms with Crippen LogP contribution >= 0.6 is 0 Å². The number of benzene rings is 2. The summed E-state index contributed by atoms with van der Waals surface area (Å²) in [7, 11) is -4.03. The van der Waals surface area contributed by atoms with Gasteiger partial charge >= 0.3 is 0 Å². The van der Waals surface area contributed by atoms with Gasteiger partial charge in [0.2, 0.25) is 10.0 Å². The Morgan fingerprint density at radius 3 is 2.67 bits per heavy atom. The maximum atomic E-state index is 12.6. The van der Waals surface area contributed by atoms with E-state index in [9.17, 15) is 18.5 Å². The van der Waals surface area contributed by atoms with Gasteiger partial charge in [-0.3, -0.25) is 10.1 Å². The zero-order valence-electron chi connectivity index (χ0n) is 13.7. The highest BCUT2D eigenvalue weighted by Crippen LogP contribution is 2.47. The third-order valence-corrected chi connectivity index (χ3v) is 5.33. The summed E-state index contributed by atoms with van der Waals surface area (Å²) < 4.78 is 38.3. The third-order valence-electron chi connectivity index (χ3n) is 3.95. The molecule has 0 bridgehead atoms. The van der Waals surface area contributed by atoms with Crippen LogP contribution in [-0.2, 0) is 16.6 Å². The molecule has 2 N–H and O–H groups in total. The van der Waals surface area contributed by atoms with Crippen molar-refractivity contribution in [2.24, 2.45) is 0 Å². The molecule has 4 rings (SSSR count). The molecule has 2 aromatic carbocycles. The molecule has 1 aromatic heterocycles. The van der Waals surface area contributed by atoms with Crippen LogP contribution in [0.25, 0.3) is 0 Å². The van der Waals surface area contributed by atoms with Crippen molar-refractivity contribution in [3.63, 3.8) is 0 Å². The summed E-state index contributed by atoms with van der Waals surface area (Å²) in [5.41, 5.74) is 0.253. The van der Waals surface area contributed by atoms with E-state index >= 15 is 0 Å². The number of hydrogen-bond acceptors (Lipinski definition) is 7. The molecule has 0 aliphatic carbocycles. The Kier molecular flexibility index (Phi) is 4.05. The fourth-order valence-electron chi connectivity index (χ4n) is 2.66. The molecule has 0 unspecified atom stereocenters. The number of anilines is 2. The molecule has 9 nitrogen and oxygen atoms in total. The minimum absolute atomic E-state index is 0.0567. The van der Waals surface area contributed by atoms with Gasteiger partial charge in [0.05, 0.1) is 28.3 Å². The number of hydrogen-bond donors (Lipinski definition) is 2. The number of fused-ring (bicyclic) bond motifs is 2. The molecule has 0 saturated heterocycles. The van der Waals surface area contributed by atoms with Crippen LogP contribution in [0.5, 0.6) is 11.5 Å². The minimum atomic E-state index is -4.03. The van der Waals surface area contributed by atoms with Crippen LogP contribution in [0.1, 0.15) is 5.76 Å². The Hall–Kier alpha value is -3.37. The van der Waals surface area contributed by atoms with E-state index in [1.165, 1.54) is 12.3 Å². The molecule has 10 heteroatoms. The second-order valence-electron chi connectivity index (χ2n) is 5.70. The smallest absolute Gasteiger partial charge is 0.297 e. The van der Waals surface area contributed by atoms with E-state index in [0.29, 0.717) is 17.2 Å². The molecule has 0 spiro atoms. The molecule has 0 amide bonds. The van der Waals surface area contributed by atoms with E-state index in [2.05, 4.69) is 10.0 Å². The fraction of sp³-hybridized carbons (Fsp3) is 0.0588. The van der Waals surface area contributed by atoms with E-state index in [0.717, 1.165) is 6.07 Å². The molecular formula is C17H13N3O6S. The number of sulfonamides is 1. The summed E-state index contributed by atoms with van der Waals surface area (Å²) in [6, 6.07) is 12.4.